The number of hydrogen-bond donors (Lipinski definition) is 0. The number of para-hydroxylation sites is 4. The molecule has 8 aromatic carbocycles. The average molecular weight is 886 g/mol. The van der Waals surface area contributed by atoms with Gasteiger partial charge >= 0.3 is 0 Å². The molecule has 0 saturated heterocycles. The summed E-state index contributed by atoms with van der Waals surface area (Å²) in [5.74, 6) is -2.11. The maximum Gasteiger partial charge on any atom is 0.234 e. The van der Waals surface area contributed by atoms with Gasteiger partial charge in [0.25, 0.3) is 0 Å². The van der Waals surface area contributed by atoms with Gasteiger partial charge in [-0.1, -0.05) is 201 Å². The van der Waals surface area contributed by atoms with Gasteiger partial charge in [0.2, 0.25) is 5.95 Å². The van der Waals surface area contributed by atoms with Gasteiger partial charge in [0.1, 0.15) is 0 Å². The van der Waals surface area contributed by atoms with Crippen LogP contribution in [0.2, 0.25) is 0 Å². The summed E-state index contributed by atoms with van der Waals surface area (Å²) in [4.78, 5) is 16.5. The van der Waals surface area contributed by atoms with E-state index in [0.717, 1.165) is 22.6 Å². The monoisotopic (exact) mass is 886 g/mol. The van der Waals surface area contributed by atoms with Crippen LogP contribution in [0.1, 0.15) is 86.2 Å². The topological polar surface area (TPSA) is 46.8 Å². The zero-order chi connectivity index (χ0) is 69.7. The highest BCUT2D eigenvalue weighted by Gasteiger charge is 2.58. The second-order valence-corrected chi connectivity index (χ2v) is 19.5. The first kappa shape index (κ1) is 19.0. The molecule has 2 aliphatic rings. The lowest BCUT2D eigenvalue weighted by molar-refractivity contribution is 0.193. The van der Waals surface area contributed by atoms with Crippen molar-refractivity contribution in [3.63, 3.8) is 0 Å². The van der Waals surface area contributed by atoms with Crippen molar-refractivity contribution >= 4 is 62.3 Å². The Morgan fingerprint density at radius 3 is 1.83 bits per heavy atom. The van der Waals surface area contributed by atoms with Crippen molar-refractivity contribution < 1.29 is 41.1 Å². The van der Waals surface area contributed by atoms with Gasteiger partial charge in [-0.3, -0.25) is 0 Å². The van der Waals surface area contributed by atoms with Crippen molar-refractivity contribution in [2.45, 2.75) is 50.5 Å². The molecule has 314 valence electrons. The Kier molecular flexibility index (Phi) is 4.49. The maximum atomic E-state index is 10.7. The summed E-state index contributed by atoms with van der Waals surface area (Å²) in [5.41, 5.74) is -3.96. The highest BCUT2D eigenvalue weighted by Crippen LogP contribution is 2.60. The molecule has 6 heteroatoms. The van der Waals surface area contributed by atoms with Gasteiger partial charge < -0.3 is 9.47 Å². The van der Waals surface area contributed by atoms with Crippen LogP contribution in [0.15, 0.2) is 212 Å². The molecule has 10 aromatic rings. The van der Waals surface area contributed by atoms with Gasteiger partial charge in [-0.15, -0.1) is 0 Å². The SMILES string of the molecule is [2H]c1cc2c3c([2H])c([2H])c([2H])c([2H])c3n(-c3c([2H])c([2H])c([2H])c([2H])c3-c3nc(-c4c([2H])c([2H])c([2H])c([Si](c5c([2H])c([2H])c([2H])c([2H])c5[2H])(c5c([2H])c([2H])c([2H])c([2H])c5[2H])c5c([2H])c([2H])c([2H])c([2H])c5[2H])c4[2H])nc(N4c5ccccc5C5(C)CCCCC45C)n3)c2c([2H])c1[2H]. The fraction of sp³-hybridized carbons (Fsp3) is 0.136. The molecule has 1 aliphatic carbocycles. The molecular formula is C59H49N5Si. The minimum atomic E-state index is -6.47. The summed E-state index contributed by atoms with van der Waals surface area (Å²) in [6, 6.07) is -23.7. The Balaban J connectivity index is 1.35. The molecule has 3 heterocycles. The molecule has 2 aromatic heterocycles. The maximum absolute atomic E-state index is 10.7. The third-order valence-electron chi connectivity index (χ3n) is 12.9. The molecule has 0 amide bonds. The van der Waals surface area contributed by atoms with E-state index in [2.05, 4.69) is 0 Å². The van der Waals surface area contributed by atoms with E-state index in [0.29, 0.717) is 24.9 Å². The highest BCUT2D eigenvalue weighted by molar-refractivity contribution is 7.19. The van der Waals surface area contributed by atoms with Crippen LogP contribution in [0.5, 0.6) is 0 Å². The number of benzene rings is 8. The Morgan fingerprint density at radius 2 is 1.09 bits per heavy atom. The zero-order valence-corrected chi connectivity index (χ0v) is 35.5. The van der Waals surface area contributed by atoms with Crippen LogP contribution in [0.3, 0.4) is 0 Å². The Bertz CT molecular complexity index is 4920. The normalized spacial score (nSPS) is 24.6. The van der Waals surface area contributed by atoms with Crippen molar-refractivity contribution in [3.05, 3.63) is 217 Å². The quantitative estimate of drug-likeness (QED) is 0.113. The predicted molar refractivity (Wildman–Crippen MR) is 271 cm³/mol. The molecule has 65 heavy (non-hydrogen) atoms. The summed E-state index contributed by atoms with van der Waals surface area (Å²) in [5, 5.41) is -5.10. The first-order chi connectivity index (χ1) is 44.4. The molecule has 2 unspecified atom stereocenters. The van der Waals surface area contributed by atoms with E-state index in [4.69, 9.17) is 32.8 Å². The van der Waals surface area contributed by atoms with E-state index in [-0.39, 0.29) is 10.8 Å². The van der Waals surface area contributed by atoms with Crippen LogP contribution in [-0.4, -0.2) is 33.1 Å². The lowest BCUT2D eigenvalue weighted by Gasteiger charge is -2.49. The smallest absolute Gasteiger partial charge is 0.234 e. The van der Waals surface area contributed by atoms with E-state index < -0.39 is 266 Å². The van der Waals surface area contributed by atoms with Gasteiger partial charge in [-0.2, -0.15) is 9.97 Å². The second kappa shape index (κ2) is 15.4. The largest absolute Gasteiger partial charge is 0.309 e. The number of anilines is 2. The van der Waals surface area contributed by atoms with Crippen LogP contribution >= 0.6 is 0 Å². The van der Waals surface area contributed by atoms with Crippen molar-refractivity contribution in [3.8, 4) is 28.5 Å². The third kappa shape index (κ3) is 5.93. The number of nitrogens with zero attached hydrogens (tertiary/aromatic N) is 5. The van der Waals surface area contributed by atoms with Gasteiger partial charge in [-0.25, -0.2) is 4.98 Å². The first-order valence-corrected chi connectivity index (χ1v) is 22.5. The van der Waals surface area contributed by atoms with Gasteiger partial charge in [0.05, 0.1) is 63.4 Å². The third-order valence-corrected chi connectivity index (χ3v) is 16.9. The van der Waals surface area contributed by atoms with Crippen molar-refractivity contribution in [2.75, 3.05) is 4.90 Å². The Labute approximate surface area is 423 Å². The number of fused-ring (bicyclic) bond motifs is 6. The van der Waals surface area contributed by atoms with Crippen LogP contribution in [0.4, 0.5) is 11.6 Å². The molecule has 0 spiro atoms. The summed E-state index contributed by atoms with van der Waals surface area (Å²) in [7, 11) is -6.47. The lowest BCUT2D eigenvalue weighted by atomic mass is 9.61. The minimum Gasteiger partial charge on any atom is -0.309 e. The average Bonchev–Trinajstić information content (AvgIpc) is 1.51. The summed E-state index contributed by atoms with van der Waals surface area (Å²) in [6.07, 6.45) is 2.34. The van der Waals surface area contributed by atoms with Crippen molar-refractivity contribution in [2.24, 2.45) is 0 Å². The minimum absolute atomic E-state index is 0.222. The van der Waals surface area contributed by atoms with E-state index in [1.54, 1.807) is 17.0 Å². The van der Waals surface area contributed by atoms with Crippen LogP contribution < -0.4 is 25.6 Å². The molecule has 0 bridgehead atoms. The molecule has 1 fully saturated rings. The zero-order valence-electron chi connectivity index (χ0n) is 64.5. The predicted octanol–water partition coefficient (Wildman–Crippen LogP) is 11.4. The number of hydrogen-bond acceptors (Lipinski definition) is 4. The van der Waals surface area contributed by atoms with Gasteiger partial charge in [0.15, 0.2) is 19.7 Å². The molecule has 1 saturated carbocycles. The van der Waals surface area contributed by atoms with Crippen LogP contribution in [0, 0.1) is 0 Å². The molecule has 2 atom stereocenters. The fourth-order valence-corrected chi connectivity index (χ4v) is 13.3. The van der Waals surface area contributed by atoms with Crippen LogP contribution in [-0.2, 0) is 5.41 Å². The van der Waals surface area contributed by atoms with E-state index >= 15 is 0 Å². The molecular weight excluding hydrogens is 807 g/mol. The molecule has 5 nitrogen and oxygen atoms in total. The Hall–Kier alpha value is -7.41. The first-order valence-electron chi connectivity index (χ1n) is 35.5. The van der Waals surface area contributed by atoms with E-state index in [1.807, 2.05) is 26.0 Å². The van der Waals surface area contributed by atoms with E-state index in [1.165, 1.54) is 0 Å². The summed E-state index contributed by atoms with van der Waals surface area (Å²) in [6.45, 7) is 3.93. The summed E-state index contributed by atoms with van der Waals surface area (Å²) >= 11 is 0. The fourth-order valence-electron chi connectivity index (χ4n) is 9.75. The van der Waals surface area contributed by atoms with Crippen molar-refractivity contribution in [1.29, 1.82) is 0 Å². The Morgan fingerprint density at radius 1 is 0.508 bits per heavy atom. The standard InChI is InChI=1S/C59H49N5Si/c1-58-39-20-21-40-59(58,2)64(54-38-19-15-34-50(54)58)57-61-55(60-56(62-57)49-33-14-18-37-53(49)63-51-35-16-12-31-47(51)48-32-13-17-36-52(48)63)42-23-22-30-46(41-42)65(43-24-6-3-7-25-43,44-26-8-4-9-27-44)45-28-10-5-11-29-45/h3-19,22-38,41H,20-21,39-40H2,1-2H3/i3D,4D,5D,6D,7D,8D,9D,10D,11D,12D,13D,14D,16D,17D,18D,22D,23D,24D,25D,26D,27D,28D,29D,30D,31D,33D,35D,36D,37D,41D. The second-order valence-electron chi connectivity index (χ2n) is 16.0. The van der Waals surface area contributed by atoms with Crippen molar-refractivity contribution in [1.82, 2.24) is 19.5 Å². The lowest BCUT2D eigenvalue weighted by Crippen LogP contribution is -2.74. The number of rotatable bonds is 8. The van der Waals surface area contributed by atoms with Crippen LogP contribution in [0.25, 0.3) is 50.3 Å². The highest BCUT2D eigenvalue weighted by atomic mass is 28.3. The number of aromatic nitrogens is 4. The molecule has 1 aliphatic heterocycles. The molecule has 0 radical (unpaired) electrons. The molecule has 12 rings (SSSR count). The summed E-state index contributed by atoms with van der Waals surface area (Å²) < 4.78 is 281. The molecule has 0 N–H and O–H groups in total. The van der Waals surface area contributed by atoms with Gasteiger partial charge in [0, 0.05) is 33.0 Å². The van der Waals surface area contributed by atoms with Gasteiger partial charge in [-0.05, 0) is 76.3 Å². The van der Waals surface area contributed by atoms with E-state index in [9.17, 15) is 23.3 Å².